The summed E-state index contributed by atoms with van der Waals surface area (Å²) in [6.07, 6.45) is 3.73. The normalized spacial score (nSPS) is 13.0. The van der Waals surface area contributed by atoms with Gasteiger partial charge in [0.2, 0.25) is 0 Å². The van der Waals surface area contributed by atoms with E-state index in [-0.39, 0.29) is 0 Å². The second kappa shape index (κ2) is 8.09. The summed E-state index contributed by atoms with van der Waals surface area (Å²) in [5, 5.41) is 3.60. The van der Waals surface area contributed by atoms with Crippen LogP contribution in [0.5, 0.6) is 0 Å². The summed E-state index contributed by atoms with van der Waals surface area (Å²) in [5.74, 6) is 0.799. The Hall–Kier alpha value is -0.0900. The van der Waals surface area contributed by atoms with Crippen molar-refractivity contribution in [3.8, 4) is 0 Å². The number of rotatable bonds is 7. The lowest BCUT2D eigenvalue weighted by molar-refractivity contribution is 0.434. The minimum Gasteiger partial charge on any atom is -0.314 e. The van der Waals surface area contributed by atoms with E-state index in [0.717, 1.165) is 18.9 Å². The Morgan fingerprint density at radius 1 is 1.12 bits per heavy atom. The van der Waals surface area contributed by atoms with E-state index in [9.17, 15) is 0 Å². The van der Waals surface area contributed by atoms with Crippen molar-refractivity contribution < 1.29 is 0 Å². The summed E-state index contributed by atoms with van der Waals surface area (Å²) in [4.78, 5) is 0. The van der Waals surface area contributed by atoms with Crippen molar-refractivity contribution in [2.24, 2.45) is 5.92 Å². The molecule has 17 heavy (non-hydrogen) atoms. The molecule has 0 saturated carbocycles. The van der Waals surface area contributed by atoms with Crippen LogP contribution in [-0.2, 0) is 6.42 Å². The molecular formula is C15H24IN. The molecular weight excluding hydrogens is 321 g/mol. The lowest BCUT2D eigenvalue weighted by Gasteiger charge is -2.19. The molecule has 1 aromatic carbocycles. The van der Waals surface area contributed by atoms with Crippen LogP contribution in [0.3, 0.4) is 0 Å². The fourth-order valence-electron chi connectivity index (χ4n) is 2.00. The number of nitrogens with one attached hydrogen (secondary N) is 1. The van der Waals surface area contributed by atoms with Gasteiger partial charge in [-0.1, -0.05) is 32.9 Å². The van der Waals surface area contributed by atoms with Crippen LogP contribution >= 0.6 is 22.6 Å². The van der Waals surface area contributed by atoms with E-state index in [4.69, 9.17) is 0 Å². The van der Waals surface area contributed by atoms with E-state index in [2.05, 4.69) is 72.9 Å². The fraction of sp³-hybridized carbons (Fsp3) is 0.600. The van der Waals surface area contributed by atoms with Gasteiger partial charge in [0.05, 0.1) is 0 Å². The maximum absolute atomic E-state index is 3.60. The smallest absolute Gasteiger partial charge is 0.0130 e. The Morgan fingerprint density at radius 2 is 1.76 bits per heavy atom. The molecule has 0 heterocycles. The Bertz CT molecular complexity index is 305. The van der Waals surface area contributed by atoms with Crippen molar-refractivity contribution in [1.82, 2.24) is 5.32 Å². The highest BCUT2D eigenvalue weighted by atomic mass is 127. The molecule has 0 aromatic heterocycles. The van der Waals surface area contributed by atoms with Gasteiger partial charge in [-0.3, -0.25) is 0 Å². The predicted molar refractivity (Wildman–Crippen MR) is 84.4 cm³/mol. The minimum atomic E-state index is 0.627. The highest BCUT2D eigenvalue weighted by Gasteiger charge is 2.09. The largest absolute Gasteiger partial charge is 0.314 e. The highest BCUT2D eigenvalue weighted by Crippen LogP contribution is 2.13. The van der Waals surface area contributed by atoms with Crippen LogP contribution < -0.4 is 5.32 Å². The summed E-state index contributed by atoms with van der Waals surface area (Å²) in [7, 11) is 0. The Kier molecular flexibility index (Phi) is 7.12. The van der Waals surface area contributed by atoms with Gasteiger partial charge in [0.1, 0.15) is 0 Å². The second-order valence-corrected chi connectivity index (χ2v) is 6.30. The summed E-state index contributed by atoms with van der Waals surface area (Å²) < 4.78 is 1.31. The molecule has 1 rings (SSSR count). The average molecular weight is 345 g/mol. The van der Waals surface area contributed by atoms with Crippen LogP contribution in [0, 0.1) is 9.49 Å². The standard InChI is InChI=1S/C15H24IN/c1-4-17-15(10-5-12(2)3)11-13-6-8-14(16)9-7-13/h6-9,12,15,17H,4-5,10-11H2,1-3H3. The number of likely N-dealkylation sites (N-methyl/N-ethyl adjacent to an activating group) is 1. The van der Waals surface area contributed by atoms with Gasteiger partial charge in [0, 0.05) is 9.61 Å². The molecule has 0 bridgehead atoms. The van der Waals surface area contributed by atoms with Crippen molar-refractivity contribution in [2.75, 3.05) is 6.54 Å². The molecule has 0 aliphatic carbocycles. The van der Waals surface area contributed by atoms with Crippen LogP contribution in [0.4, 0.5) is 0 Å². The van der Waals surface area contributed by atoms with Gasteiger partial charge >= 0.3 is 0 Å². The number of halogens is 1. The maximum Gasteiger partial charge on any atom is 0.0130 e. The fourth-order valence-corrected chi connectivity index (χ4v) is 2.36. The number of hydrogen-bond donors (Lipinski definition) is 1. The molecule has 1 atom stereocenters. The van der Waals surface area contributed by atoms with E-state index >= 15 is 0 Å². The zero-order valence-electron chi connectivity index (χ0n) is 11.2. The molecule has 1 N–H and O–H groups in total. The van der Waals surface area contributed by atoms with Crippen LogP contribution in [0.1, 0.15) is 39.2 Å². The highest BCUT2D eigenvalue weighted by molar-refractivity contribution is 14.1. The van der Waals surface area contributed by atoms with Crippen LogP contribution in [-0.4, -0.2) is 12.6 Å². The second-order valence-electron chi connectivity index (χ2n) is 5.06. The molecule has 0 radical (unpaired) electrons. The van der Waals surface area contributed by atoms with Crippen LogP contribution in [0.2, 0.25) is 0 Å². The van der Waals surface area contributed by atoms with E-state index < -0.39 is 0 Å². The molecule has 2 heteroatoms. The zero-order chi connectivity index (χ0) is 12.7. The summed E-state index contributed by atoms with van der Waals surface area (Å²) in [6.45, 7) is 7.85. The first-order chi connectivity index (χ1) is 8.11. The third-order valence-corrected chi connectivity index (χ3v) is 3.70. The molecule has 0 spiro atoms. The monoisotopic (exact) mass is 345 g/mol. The molecule has 0 saturated heterocycles. The van der Waals surface area contributed by atoms with E-state index in [1.807, 2.05) is 0 Å². The third kappa shape index (κ3) is 6.41. The maximum atomic E-state index is 3.60. The van der Waals surface area contributed by atoms with Gasteiger partial charge in [0.15, 0.2) is 0 Å². The zero-order valence-corrected chi connectivity index (χ0v) is 13.3. The molecule has 96 valence electrons. The molecule has 1 unspecified atom stereocenters. The van der Waals surface area contributed by atoms with Gasteiger partial charge in [-0.2, -0.15) is 0 Å². The van der Waals surface area contributed by atoms with Crippen LogP contribution in [0.15, 0.2) is 24.3 Å². The predicted octanol–water partition coefficient (Wildman–Crippen LogP) is 4.25. The molecule has 0 aliphatic rings. The van der Waals surface area contributed by atoms with E-state index in [1.165, 1.54) is 22.0 Å². The van der Waals surface area contributed by atoms with Gasteiger partial charge in [-0.05, 0) is 72.0 Å². The van der Waals surface area contributed by atoms with Crippen molar-refractivity contribution in [1.29, 1.82) is 0 Å². The van der Waals surface area contributed by atoms with Gasteiger partial charge in [-0.15, -0.1) is 0 Å². The number of benzene rings is 1. The third-order valence-electron chi connectivity index (χ3n) is 2.98. The van der Waals surface area contributed by atoms with E-state index in [1.54, 1.807) is 0 Å². The Labute approximate surface area is 120 Å². The molecule has 0 aliphatic heterocycles. The minimum absolute atomic E-state index is 0.627. The molecule has 1 nitrogen and oxygen atoms in total. The van der Waals surface area contributed by atoms with E-state index in [0.29, 0.717) is 6.04 Å². The van der Waals surface area contributed by atoms with Crippen molar-refractivity contribution in [3.05, 3.63) is 33.4 Å². The molecule has 0 amide bonds. The quantitative estimate of drug-likeness (QED) is 0.729. The first-order valence-corrected chi connectivity index (χ1v) is 7.67. The lowest BCUT2D eigenvalue weighted by Crippen LogP contribution is -2.31. The van der Waals surface area contributed by atoms with Gasteiger partial charge < -0.3 is 5.32 Å². The Balaban J connectivity index is 2.50. The Morgan fingerprint density at radius 3 is 2.29 bits per heavy atom. The van der Waals surface area contributed by atoms with Crippen molar-refractivity contribution >= 4 is 22.6 Å². The SMILES string of the molecule is CCNC(CCC(C)C)Cc1ccc(I)cc1. The van der Waals surface area contributed by atoms with Crippen molar-refractivity contribution in [3.63, 3.8) is 0 Å². The van der Waals surface area contributed by atoms with Gasteiger partial charge in [0.25, 0.3) is 0 Å². The average Bonchev–Trinajstić information content (AvgIpc) is 2.29. The number of hydrogen-bond acceptors (Lipinski definition) is 1. The van der Waals surface area contributed by atoms with Gasteiger partial charge in [-0.25, -0.2) is 0 Å². The summed E-state index contributed by atoms with van der Waals surface area (Å²) in [5.41, 5.74) is 1.44. The summed E-state index contributed by atoms with van der Waals surface area (Å²) in [6, 6.07) is 9.52. The summed E-state index contributed by atoms with van der Waals surface area (Å²) >= 11 is 2.36. The molecule has 0 fully saturated rings. The van der Waals surface area contributed by atoms with Crippen molar-refractivity contribution in [2.45, 2.75) is 46.1 Å². The molecule has 1 aromatic rings. The lowest BCUT2D eigenvalue weighted by atomic mass is 9.98. The topological polar surface area (TPSA) is 12.0 Å². The first kappa shape index (κ1) is 15.0. The first-order valence-electron chi connectivity index (χ1n) is 6.59. The van der Waals surface area contributed by atoms with Crippen LogP contribution in [0.25, 0.3) is 0 Å².